The second-order valence-electron chi connectivity index (χ2n) is 8.94. The fourth-order valence-electron chi connectivity index (χ4n) is 3.66. The van der Waals surface area contributed by atoms with E-state index in [1.807, 2.05) is 63.3 Å². The molecule has 3 nitrogen and oxygen atoms in total. The highest BCUT2D eigenvalue weighted by Crippen LogP contribution is 2.35. The van der Waals surface area contributed by atoms with E-state index < -0.39 is 16.5 Å². The lowest BCUT2D eigenvalue weighted by molar-refractivity contribution is -0.145. The van der Waals surface area contributed by atoms with Gasteiger partial charge < -0.3 is 9.47 Å². The molecule has 0 bridgehead atoms. The average molecular weight is 517 g/mol. The van der Waals surface area contributed by atoms with Crippen LogP contribution in [0, 0.1) is 0 Å². The largest absolute Gasteiger partial charge is 0.490 e. The van der Waals surface area contributed by atoms with E-state index in [4.69, 9.17) is 9.47 Å². The average Bonchev–Trinajstić information content (AvgIpc) is 2.84. The molecule has 0 N–H and O–H groups in total. The van der Waals surface area contributed by atoms with Crippen LogP contribution in [0.2, 0.25) is 0 Å². The number of benzene rings is 2. The summed E-state index contributed by atoms with van der Waals surface area (Å²) in [6.45, 7) is 8.34. The maximum absolute atomic E-state index is 12.8. The number of hydrogen-bond acceptors (Lipinski definition) is 4. The molecule has 0 aromatic heterocycles. The van der Waals surface area contributed by atoms with Gasteiger partial charge in [0.05, 0.1) is 12.2 Å². The number of halogens is 3. The van der Waals surface area contributed by atoms with Crippen molar-refractivity contribution in [3.05, 3.63) is 89.7 Å². The van der Waals surface area contributed by atoms with E-state index in [0.29, 0.717) is 13.2 Å². The third-order valence-electron chi connectivity index (χ3n) is 5.76. The number of alkyl halides is 3. The Labute approximate surface area is 215 Å². The van der Waals surface area contributed by atoms with Gasteiger partial charge in [0.2, 0.25) is 0 Å². The van der Waals surface area contributed by atoms with Crippen LogP contribution in [-0.4, -0.2) is 29.2 Å². The van der Waals surface area contributed by atoms with E-state index in [2.05, 4.69) is 6.08 Å². The summed E-state index contributed by atoms with van der Waals surface area (Å²) in [5.41, 5.74) is 2.99. The van der Waals surface area contributed by atoms with Crippen molar-refractivity contribution in [2.45, 2.75) is 50.3 Å². The molecule has 36 heavy (non-hydrogen) atoms. The van der Waals surface area contributed by atoms with Crippen LogP contribution in [0.25, 0.3) is 16.7 Å². The third kappa shape index (κ3) is 7.53. The molecule has 0 spiro atoms. The van der Waals surface area contributed by atoms with Gasteiger partial charge >= 0.3 is 12.1 Å². The molecule has 1 atom stereocenters. The van der Waals surface area contributed by atoms with E-state index in [9.17, 15) is 18.0 Å². The monoisotopic (exact) mass is 516 g/mol. The van der Waals surface area contributed by atoms with Crippen LogP contribution in [0.4, 0.5) is 13.2 Å². The predicted octanol–water partition coefficient (Wildman–Crippen LogP) is 8.08. The van der Waals surface area contributed by atoms with Crippen molar-refractivity contribution < 1.29 is 27.4 Å². The zero-order valence-electron chi connectivity index (χ0n) is 20.9. The molecule has 0 saturated carbocycles. The Bertz CT molecular complexity index is 1130. The van der Waals surface area contributed by atoms with Crippen molar-refractivity contribution in [1.29, 1.82) is 0 Å². The van der Waals surface area contributed by atoms with E-state index in [1.54, 1.807) is 18.7 Å². The van der Waals surface area contributed by atoms with Gasteiger partial charge in [-0.15, -0.1) is 11.8 Å². The van der Waals surface area contributed by atoms with Gasteiger partial charge in [-0.2, -0.15) is 13.2 Å². The predicted molar refractivity (Wildman–Crippen MR) is 140 cm³/mol. The Hall–Kier alpha value is -2.93. The minimum absolute atomic E-state index is 0.178. The SMILES string of the molecule is CCOC(=O)C(C)(C)SC1C=CC(OC/C=C(\C)c2ccc(-c3ccc(C(F)(F)F)cc3)cc2)=CC1. The van der Waals surface area contributed by atoms with Crippen molar-refractivity contribution in [3.8, 4) is 11.1 Å². The van der Waals surface area contributed by atoms with Crippen molar-refractivity contribution in [2.75, 3.05) is 13.2 Å². The van der Waals surface area contributed by atoms with Crippen molar-refractivity contribution in [3.63, 3.8) is 0 Å². The van der Waals surface area contributed by atoms with Crippen molar-refractivity contribution in [2.24, 2.45) is 0 Å². The first kappa shape index (κ1) is 27.7. The quantitative estimate of drug-likeness (QED) is 0.316. The molecule has 192 valence electrons. The summed E-state index contributed by atoms with van der Waals surface area (Å²) in [6.07, 6.45) is 4.44. The summed E-state index contributed by atoms with van der Waals surface area (Å²) in [5, 5.41) is 0.178. The Morgan fingerprint density at radius 3 is 2.19 bits per heavy atom. The third-order valence-corrected chi connectivity index (χ3v) is 7.17. The Morgan fingerprint density at radius 1 is 1.06 bits per heavy atom. The molecule has 0 saturated heterocycles. The van der Waals surface area contributed by atoms with E-state index >= 15 is 0 Å². The molecule has 0 aliphatic heterocycles. The highest BCUT2D eigenvalue weighted by Gasteiger charge is 2.33. The zero-order valence-corrected chi connectivity index (χ0v) is 21.7. The maximum Gasteiger partial charge on any atom is 0.416 e. The minimum atomic E-state index is -4.34. The van der Waals surface area contributed by atoms with Gasteiger partial charge in [-0.3, -0.25) is 4.79 Å². The van der Waals surface area contributed by atoms with Crippen LogP contribution in [-0.2, 0) is 20.4 Å². The molecule has 1 aliphatic carbocycles. The number of carbonyl (C=O) groups is 1. The summed E-state index contributed by atoms with van der Waals surface area (Å²) in [5.74, 6) is 0.588. The molecule has 1 unspecified atom stereocenters. The molecule has 1 aliphatic rings. The molecule has 2 aromatic carbocycles. The van der Waals surface area contributed by atoms with E-state index in [1.165, 1.54) is 12.1 Å². The number of ether oxygens (including phenoxy) is 2. The number of hydrogen-bond donors (Lipinski definition) is 0. The van der Waals surface area contributed by atoms with E-state index in [0.717, 1.165) is 46.6 Å². The number of carbonyl (C=O) groups excluding carboxylic acids is 1. The van der Waals surface area contributed by atoms with Gasteiger partial charge in [0, 0.05) is 5.25 Å². The number of rotatable bonds is 9. The van der Waals surface area contributed by atoms with Gasteiger partial charge in [-0.05, 0) is 86.7 Å². The Morgan fingerprint density at radius 2 is 1.67 bits per heavy atom. The molecular weight excluding hydrogens is 485 g/mol. The van der Waals surface area contributed by atoms with Gasteiger partial charge in [-0.1, -0.05) is 42.5 Å². The molecule has 2 aromatic rings. The standard InChI is InChI=1S/C29H31F3O3S/c1-5-34-27(33)28(3,4)36-26-16-14-25(15-17-26)35-19-18-20(2)21-6-8-22(9-7-21)23-10-12-24(13-11-23)29(30,31)32/h6-16,18,26H,5,17,19H2,1-4H3/b20-18+. The molecular formula is C29H31F3O3S. The summed E-state index contributed by atoms with van der Waals surface area (Å²) < 4.78 is 48.7. The van der Waals surface area contributed by atoms with Gasteiger partial charge in [-0.25, -0.2) is 0 Å². The number of thioether (sulfide) groups is 1. The highest BCUT2D eigenvalue weighted by atomic mass is 32.2. The lowest BCUT2D eigenvalue weighted by Gasteiger charge is -2.26. The fourth-order valence-corrected chi connectivity index (χ4v) is 4.93. The molecule has 0 radical (unpaired) electrons. The first-order valence-corrected chi connectivity index (χ1v) is 12.7. The zero-order chi connectivity index (χ0) is 26.3. The van der Waals surface area contributed by atoms with Crippen molar-refractivity contribution in [1.82, 2.24) is 0 Å². The van der Waals surface area contributed by atoms with Crippen LogP contribution < -0.4 is 0 Å². The summed E-state index contributed by atoms with van der Waals surface area (Å²) in [4.78, 5) is 12.1. The second-order valence-corrected chi connectivity index (χ2v) is 10.8. The maximum atomic E-state index is 12.8. The smallest absolute Gasteiger partial charge is 0.416 e. The normalized spacial score (nSPS) is 16.5. The number of allylic oxidation sites excluding steroid dienone is 3. The fraction of sp³-hybridized carbons (Fsp3) is 0.345. The molecule has 7 heteroatoms. The summed E-state index contributed by atoms with van der Waals surface area (Å²) >= 11 is 1.58. The Balaban J connectivity index is 1.51. The highest BCUT2D eigenvalue weighted by molar-refractivity contribution is 8.02. The van der Waals surface area contributed by atoms with E-state index in [-0.39, 0.29) is 11.2 Å². The first-order valence-electron chi connectivity index (χ1n) is 11.8. The van der Waals surface area contributed by atoms with Gasteiger partial charge in [0.25, 0.3) is 0 Å². The van der Waals surface area contributed by atoms with Gasteiger partial charge in [0.15, 0.2) is 0 Å². The molecule has 0 amide bonds. The minimum Gasteiger partial charge on any atom is -0.490 e. The topological polar surface area (TPSA) is 35.5 Å². The van der Waals surface area contributed by atoms with Crippen LogP contribution >= 0.6 is 11.8 Å². The molecule has 3 rings (SSSR count). The lowest BCUT2D eigenvalue weighted by atomic mass is 10.00. The van der Waals surface area contributed by atoms with Crippen LogP contribution in [0.15, 0.2) is 78.6 Å². The van der Waals surface area contributed by atoms with Gasteiger partial charge in [0.1, 0.15) is 17.1 Å². The Kier molecular flexibility index (Phi) is 9.12. The van der Waals surface area contributed by atoms with Crippen LogP contribution in [0.3, 0.4) is 0 Å². The summed E-state index contributed by atoms with van der Waals surface area (Å²) in [6, 6.07) is 12.9. The number of esters is 1. The molecule has 0 heterocycles. The summed E-state index contributed by atoms with van der Waals surface area (Å²) in [7, 11) is 0. The first-order chi connectivity index (χ1) is 17.0. The van der Waals surface area contributed by atoms with Crippen LogP contribution in [0.5, 0.6) is 0 Å². The second kappa shape index (κ2) is 11.9. The lowest BCUT2D eigenvalue weighted by Crippen LogP contribution is -2.32. The van der Waals surface area contributed by atoms with Crippen molar-refractivity contribution >= 4 is 23.3 Å². The molecule has 0 fully saturated rings. The van der Waals surface area contributed by atoms with Crippen LogP contribution in [0.1, 0.15) is 45.2 Å².